The number of rotatable bonds is 5. The first-order valence-corrected chi connectivity index (χ1v) is 8.22. The molecule has 3 N–H and O–H groups in total. The number of nitrogens with two attached hydrogens (primary N) is 1. The molecule has 118 valence electrons. The summed E-state index contributed by atoms with van der Waals surface area (Å²) >= 11 is 1.73. The van der Waals surface area contributed by atoms with Crippen LogP contribution in [0.4, 0.5) is 5.69 Å². The van der Waals surface area contributed by atoms with Crippen LogP contribution in [-0.4, -0.2) is 12.2 Å². The molecule has 3 nitrogen and oxygen atoms in total. The summed E-state index contributed by atoms with van der Waals surface area (Å²) in [6, 6.07) is 16.6. The van der Waals surface area contributed by atoms with Crippen molar-refractivity contribution in [2.24, 2.45) is 10.7 Å². The summed E-state index contributed by atoms with van der Waals surface area (Å²) in [4.78, 5) is 5.63. The lowest BCUT2D eigenvalue weighted by atomic mass is 10.1. The highest BCUT2D eigenvalue weighted by molar-refractivity contribution is 14.0. The van der Waals surface area contributed by atoms with Crippen LogP contribution in [0.5, 0.6) is 0 Å². The van der Waals surface area contributed by atoms with Crippen LogP contribution in [0.15, 0.2) is 58.4 Å². The Morgan fingerprint density at radius 1 is 1.14 bits per heavy atom. The van der Waals surface area contributed by atoms with E-state index in [2.05, 4.69) is 59.9 Å². The van der Waals surface area contributed by atoms with Crippen molar-refractivity contribution in [3.05, 3.63) is 59.7 Å². The lowest BCUT2D eigenvalue weighted by Gasteiger charge is -2.07. The van der Waals surface area contributed by atoms with Crippen molar-refractivity contribution in [3.63, 3.8) is 0 Å². The standard InChI is InChI=1S/C17H21N3S.HI/c1-3-13-5-4-6-15(11-13)20-17(18)19-12-14-7-9-16(21-2)10-8-14;/h4-11H,3,12H2,1-2H3,(H3,18,19,20);1H. The zero-order chi connectivity index (χ0) is 15.1. The van der Waals surface area contributed by atoms with Gasteiger partial charge in [0.25, 0.3) is 0 Å². The third kappa shape index (κ3) is 5.88. The van der Waals surface area contributed by atoms with Gasteiger partial charge in [-0.1, -0.05) is 31.2 Å². The molecule has 2 aromatic carbocycles. The lowest BCUT2D eigenvalue weighted by molar-refractivity contribution is 1.05. The number of thioether (sulfide) groups is 1. The molecule has 0 atom stereocenters. The predicted molar refractivity (Wildman–Crippen MR) is 108 cm³/mol. The van der Waals surface area contributed by atoms with E-state index in [0.717, 1.165) is 17.7 Å². The molecule has 0 saturated heterocycles. The maximum atomic E-state index is 5.94. The molecule has 0 unspecified atom stereocenters. The summed E-state index contributed by atoms with van der Waals surface area (Å²) in [6.45, 7) is 2.72. The summed E-state index contributed by atoms with van der Waals surface area (Å²) in [6.07, 6.45) is 3.08. The van der Waals surface area contributed by atoms with Crippen LogP contribution in [-0.2, 0) is 13.0 Å². The Labute approximate surface area is 153 Å². The summed E-state index contributed by atoms with van der Waals surface area (Å²) in [5, 5.41) is 3.13. The van der Waals surface area contributed by atoms with Crippen molar-refractivity contribution in [2.45, 2.75) is 24.8 Å². The smallest absolute Gasteiger partial charge is 0.193 e. The van der Waals surface area contributed by atoms with E-state index in [1.165, 1.54) is 10.5 Å². The van der Waals surface area contributed by atoms with Gasteiger partial charge in [-0.25, -0.2) is 4.99 Å². The fourth-order valence-corrected chi connectivity index (χ4v) is 2.37. The molecule has 0 aromatic heterocycles. The van der Waals surface area contributed by atoms with Gasteiger partial charge < -0.3 is 11.1 Å². The minimum Gasteiger partial charge on any atom is -0.370 e. The molecule has 0 heterocycles. The zero-order valence-corrected chi connectivity index (χ0v) is 16.0. The number of aliphatic imine (C=N–C) groups is 1. The largest absolute Gasteiger partial charge is 0.370 e. The second-order valence-corrected chi connectivity index (χ2v) is 5.61. The van der Waals surface area contributed by atoms with Gasteiger partial charge in [-0.15, -0.1) is 35.7 Å². The van der Waals surface area contributed by atoms with Crippen LogP contribution in [0.3, 0.4) is 0 Å². The molecule has 0 spiro atoms. The average Bonchev–Trinajstić information content (AvgIpc) is 2.53. The highest BCUT2D eigenvalue weighted by atomic mass is 127. The van der Waals surface area contributed by atoms with E-state index < -0.39 is 0 Å². The van der Waals surface area contributed by atoms with E-state index in [9.17, 15) is 0 Å². The SMILES string of the molecule is CCc1cccc(NC(N)=NCc2ccc(SC)cc2)c1.I. The molecule has 5 heteroatoms. The topological polar surface area (TPSA) is 50.4 Å². The molecule has 0 saturated carbocycles. The van der Waals surface area contributed by atoms with Crippen molar-refractivity contribution in [2.75, 3.05) is 11.6 Å². The van der Waals surface area contributed by atoms with Crippen molar-refractivity contribution in [1.29, 1.82) is 0 Å². The number of anilines is 1. The van der Waals surface area contributed by atoms with Gasteiger partial charge in [0.15, 0.2) is 5.96 Å². The molecule has 0 bridgehead atoms. The second-order valence-electron chi connectivity index (χ2n) is 4.73. The molecule has 0 radical (unpaired) electrons. The summed E-state index contributed by atoms with van der Waals surface area (Å²) < 4.78 is 0. The van der Waals surface area contributed by atoms with Gasteiger partial charge >= 0.3 is 0 Å². The molecular formula is C17H22IN3S. The van der Waals surface area contributed by atoms with Crippen LogP contribution in [0.1, 0.15) is 18.1 Å². The first-order chi connectivity index (χ1) is 10.2. The van der Waals surface area contributed by atoms with Crippen molar-refractivity contribution in [3.8, 4) is 0 Å². The summed E-state index contributed by atoms with van der Waals surface area (Å²) in [5.74, 6) is 0.442. The normalized spacial score (nSPS) is 10.9. The molecule has 0 fully saturated rings. The third-order valence-corrected chi connectivity index (χ3v) is 3.94. The first-order valence-electron chi connectivity index (χ1n) is 7.00. The molecular weight excluding hydrogens is 405 g/mol. The van der Waals surface area contributed by atoms with Gasteiger partial charge in [-0.05, 0) is 48.1 Å². The number of nitrogens with one attached hydrogen (secondary N) is 1. The third-order valence-electron chi connectivity index (χ3n) is 3.20. The lowest BCUT2D eigenvalue weighted by Crippen LogP contribution is -2.22. The van der Waals surface area contributed by atoms with Crippen LogP contribution in [0.25, 0.3) is 0 Å². The van der Waals surface area contributed by atoms with Gasteiger partial charge in [0, 0.05) is 10.6 Å². The van der Waals surface area contributed by atoms with Crippen LogP contribution < -0.4 is 11.1 Å². The monoisotopic (exact) mass is 427 g/mol. The van der Waals surface area contributed by atoms with E-state index in [1.807, 2.05) is 12.1 Å². The Morgan fingerprint density at radius 3 is 2.50 bits per heavy atom. The number of nitrogens with zero attached hydrogens (tertiary/aromatic N) is 1. The average molecular weight is 427 g/mol. The first kappa shape index (κ1) is 18.8. The van der Waals surface area contributed by atoms with E-state index >= 15 is 0 Å². The number of guanidine groups is 1. The van der Waals surface area contributed by atoms with Gasteiger partial charge in [0.1, 0.15) is 0 Å². The molecule has 2 rings (SSSR count). The molecule has 0 aliphatic carbocycles. The predicted octanol–water partition coefficient (Wildman–Crippen LogP) is 4.52. The van der Waals surface area contributed by atoms with E-state index in [1.54, 1.807) is 11.8 Å². The highest BCUT2D eigenvalue weighted by Gasteiger charge is 1.97. The van der Waals surface area contributed by atoms with Crippen LogP contribution in [0, 0.1) is 0 Å². The Hall–Kier alpha value is -1.21. The van der Waals surface area contributed by atoms with Gasteiger partial charge in [0.05, 0.1) is 6.54 Å². The molecule has 0 aliphatic heterocycles. The molecule has 22 heavy (non-hydrogen) atoms. The summed E-state index contributed by atoms with van der Waals surface area (Å²) in [5.41, 5.74) is 9.35. The summed E-state index contributed by atoms with van der Waals surface area (Å²) in [7, 11) is 0. The van der Waals surface area contributed by atoms with Crippen molar-refractivity contribution < 1.29 is 0 Å². The number of aryl methyl sites for hydroxylation is 1. The Balaban J connectivity index is 0.00000242. The fourth-order valence-electron chi connectivity index (χ4n) is 1.96. The number of hydrogen-bond acceptors (Lipinski definition) is 2. The van der Waals surface area contributed by atoms with Gasteiger partial charge in [-0.3, -0.25) is 0 Å². The highest BCUT2D eigenvalue weighted by Crippen LogP contribution is 2.15. The van der Waals surface area contributed by atoms with E-state index in [-0.39, 0.29) is 24.0 Å². The zero-order valence-electron chi connectivity index (χ0n) is 12.9. The Kier molecular flexibility index (Phi) is 8.34. The van der Waals surface area contributed by atoms with E-state index in [4.69, 9.17) is 5.73 Å². The minimum absolute atomic E-state index is 0. The van der Waals surface area contributed by atoms with Crippen molar-refractivity contribution >= 4 is 47.4 Å². The van der Waals surface area contributed by atoms with Crippen LogP contribution in [0.2, 0.25) is 0 Å². The molecule has 0 aliphatic rings. The second kappa shape index (κ2) is 9.74. The molecule has 0 amide bonds. The van der Waals surface area contributed by atoms with Crippen LogP contribution >= 0.6 is 35.7 Å². The minimum atomic E-state index is 0. The van der Waals surface area contributed by atoms with Crippen molar-refractivity contribution in [1.82, 2.24) is 0 Å². The quantitative estimate of drug-likeness (QED) is 0.320. The Bertz CT molecular complexity index is 612. The Morgan fingerprint density at radius 2 is 1.86 bits per heavy atom. The number of halogens is 1. The fraction of sp³-hybridized carbons (Fsp3) is 0.235. The van der Waals surface area contributed by atoms with Gasteiger partial charge in [-0.2, -0.15) is 0 Å². The molecule has 2 aromatic rings. The van der Waals surface area contributed by atoms with Gasteiger partial charge in [0.2, 0.25) is 0 Å². The number of hydrogen-bond donors (Lipinski definition) is 2. The van der Waals surface area contributed by atoms with E-state index in [0.29, 0.717) is 12.5 Å². The number of benzene rings is 2. The maximum Gasteiger partial charge on any atom is 0.193 e. The maximum absolute atomic E-state index is 5.94.